The van der Waals surface area contributed by atoms with Gasteiger partial charge in [0, 0.05) is 5.54 Å². The van der Waals surface area contributed by atoms with E-state index < -0.39 is 23.8 Å². The third kappa shape index (κ3) is 5.36. The summed E-state index contributed by atoms with van der Waals surface area (Å²) in [6, 6.07) is -0.673. The Balaban J connectivity index is 2.62. The van der Waals surface area contributed by atoms with Gasteiger partial charge in [-0.05, 0) is 40.5 Å². The Bertz CT molecular complexity index is 414. The number of carboxylic acid groups (broad SMARTS) is 1. The van der Waals surface area contributed by atoms with Gasteiger partial charge in [0.15, 0.2) is 0 Å². The molecule has 1 rings (SSSR count). The zero-order chi connectivity index (χ0) is 16.2. The molecule has 21 heavy (non-hydrogen) atoms. The molecule has 6 heteroatoms. The van der Waals surface area contributed by atoms with Gasteiger partial charge in [-0.1, -0.05) is 12.8 Å². The van der Waals surface area contributed by atoms with E-state index in [0.29, 0.717) is 12.8 Å². The van der Waals surface area contributed by atoms with Crippen molar-refractivity contribution in [2.24, 2.45) is 11.8 Å². The van der Waals surface area contributed by atoms with E-state index in [-0.39, 0.29) is 17.4 Å². The number of rotatable bonds is 4. The Hall–Kier alpha value is -1.59. The summed E-state index contributed by atoms with van der Waals surface area (Å²) >= 11 is 0. The quantitative estimate of drug-likeness (QED) is 0.729. The highest BCUT2D eigenvalue weighted by Crippen LogP contribution is 2.30. The van der Waals surface area contributed by atoms with Gasteiger partial charge in [0.25, 0.3) is 0 Å². The fraction of sp³-hybridized carbons (Fsp3) is 0.800. The molecule has 0 aliphatic heterocycles. The van der Waals surface area contributed by atoms with Crippen LogP contribution < -0.4 is 10.6 Å². The fourth-order valence-electron chi connectivity index (χ4n) is 2.60. The number of hydrogen-bond donors (Lipinski definition) is 3. The first-order valence-electron chi connectivity index (χ1n) is 7.47. The van der Waals surface area contributed by atoms with Gasteiger partial charge >= 0.3 is 5.97 Å². The van der Waals surface area contributed by atoms with E-state index in [9.17, 15) is 19.5 Å². The maximum atomic E-state index is 12.2. The molecule has 120 valence electrons. The van der Waals surface area contributed by atoms with E-state index in [1.54, 1.807) is 6.92 Å². The standard InChI is InChI=1S/C15H26N2O4/c1-9(12(18)17-15(2,3)4)16-13(19)10-7-5-6-8-11(10)14(20)21/h9-11H,5-8H2,1-4H3,(H,16,19)(H,17,18)(H,20,21). The molecular weight excluding hydrogens is 272 g/mol. The van der Waals surface area contributed by atoms with Gasteiger partial charge in [-0.2, -0.15) is 0 Å². The number of nitrogens with one attached hydrogen (secondary N) is 2. The normalized spacial score (nSPS) is 24.0. The molecule has 0 bridgehead atoms. The molecule has 2 amide bonds. The predicted molar refractivity (Wildman–Crippen MR) is 78.6 cm³/mol. The second-order valence-electron chi connectivity index (χ2n) is 6.81. The van der Waals surface area contributed by atoms with Crippen LogP contribution in [0, 0.1) is 11.8 Å². The van der Waals surface area contributed by atoms with Crippen molar-refractivity contribution < 1.29 is 19.5 Å². The van der Waals surface area contributed by atoms with Crippen molar-refractivity contribution in [1.82, 2.24) is 10.6 Å². The average molecular weight is 298 g/mol. The van der Waals surface area contributed by atoms with Crippen LogP contribution in [0.15, 0.2) is 0 Å². The molecule has 0 saturated heterocycles. The Kier molecular flexibility index (Phi) is 5.75. The Morgan fingerprint density at radius 2 is 1.62 bits per heavy atom. The van der Waals surface area contributed by atoms with Gasteiger partial charge in [-0.3, -0.25) is 14.4 Å². The van der Waals surface area contributed by atoms with Crippen molar-refractivity contribution in [3.8, 4) is 0 Å². The minimum absolute atomic E-state index is 0.265. The van der Waals surface area contributed by atoms with Crippen molar-refractivity contribution >= 4 is 17.8 Å². The molecule has 0 aromatic heterocycles. The van der Waals surface area contributed by atoms with Crippen LogP contribution >= 0.6 is 0 Å². The highest BCUT2D eigenvalue weighted by atomic mass is 16.4. The van der Waals surface area contributed by atoms with Crippen LogP contribution in [0.5, 0.6) is 0 Å². The Morgan fingerprint density at radius 3 is 2.10 bits per heavy atom. The number of carbonyl (C=O) groups is 3. The Morgan fingerprint density at radius 1 is 1.10 bits per heavy atom. The molecule has 0 aromatic carbocycles. The second kappa shape index (κ2) is 6.91. The van der Waals surface area contributed by atoms with Crippen molar-refractivity contribution in [3.63, 3.8) is 0 Å². The SMILES string of the molecule is CC(NC(=O)C1CCCCC1C(=O)O)C(=O)NC(C)(C)C. The summed E-state index contributed by atoms with van der Waals surface area (Å²) in [6.45, 7) is 7.20. The van der Waals surface area contributed by atoms with Crippen molar-refractivity contribution in [1.29, 1.82) is 0 Å². The lowest BCUT2D eigenvalue weighted by Crippen LogP contribution is -2.52. The second-order valence-corrected chi connectivity index (χ2v) is 6.81. The Labute approximate surface area is 125 Å². The van der Waals surface area contributed by atoms with Crippen LogP contribution in [-0.4, -0.2) is 34.5 Å². The molecule has 0 spiro atoms. The number of amides is 2. The highest BCUT2D eigenvalue weighted by molar-refractivity contribution is 5.90. The first-order chi connectivity index (χ1) is 9.61. The summed E-state index contributed by atoms with van der Waals surface area (Å²) < 4.78 is 0. The van der Waals surface area contributed by atoms with Crippen molar-refractivity contribution in [3.05, 3.63) is 0 Å². The van der Waals surface area contributed by atoms with Crippen LogP contribution in [0.1, 0.15) is 53.4 Å². The minimum atomic E-state index is -0.929. The molecule has 3 unspecified atom stereocenters. The van der Waals surface area contributed by atoms with E-state index in [1.807, 2.05) is 20.8 Å². The van der Waals surface area contributed by atoms with E-state index in [0.717, 1.165) is 12.8 Å². The number of aliphatic carboxylic acids is 1. The molecule has 6 nitrogen and oxygen atoms in total. The van der Waals surface area contributed by atoms with Crippen LogP contribution in [-0.2, 0) is 14.4 Å². The summed E-state index contributed by atoms with van der Waals surface area (Å²) in [4.78, 5) is 35.4. The third-order valence-electron chi connectivity index (χ3n) is 3.67. The summed E-state index contributed by atoms with van der Waals surface area (Å²) in [6.07, 6.45) is 2.78. The topological polar surface area (TPSA) is 95.5 Å². The molecule has 0 heterocycles. The lowest BCUT2D eigenvalue weighted by molar-refractivity contribution is -0.149. The van der Waals surface area contributed by atoms with Crippen LogP contribution in [0.4, 0.5) is 0 Å². The largest absolute Gasteiger partial charge is 0.481 e. The van der Waals surface area contributed by atoms with Crippen LogP contribution in [0.3, 0.4) is 0 Å². The smallest absolute Gasteiger partial charge is 0.307 e. The molecule has 0 radical (unpaired) electrons. The molecule has 3 atom stereocenters. The number of hydrogen-bond acceptors (Lipinski definition) is 3. The molecule has 1 aliphatic rings. The molecule has 1 fully saturated rings. The fourth-order valence-corrected chi connectivity index (χ4v) is 2.60. The molecule has 1 aliphatic carbocycles. The molecular formula is C15H26N2O4. The van der Waals surface area contributed by atoms with E-state index in [2.05, 4.69) is 10.6 Å². The third-order valence-corrected chi connectivity index (χ3v) is 3.67. The zero-order valence-electron chi connectivity index (χ0n) is 13.2. The van der Waals surface area contributed by atoms with Gasteiger partial charge < -0.3 is 15.7 Å². The summed E-state index contributed by atoms with van der Waals surface area (Å²) in [5.74, 6) is -2.71. The van der Waals surface area contributed by atoms with E-state index in [1.165, 1.54) is 0 Å². The monoisotopic (exact) mass is 298 g/mol. The van der Waals surface area contributed by atoms with Gasteiger partial charge in [-0.15, -0.1) is 0 Å². The number of carboxylic acids is 1. The maximum absolute atomic E-state index is 12.2. The van der Waals surface area contributed by atoms with Gasteiger partial charge in [0.1, 0.15) is 6.04 Å². The molecule has 1 saturated carbocycles. The summed E-state index contributed by atoms with van der Waals surface area (Å²) in [5.41, 5.74) is -0.371. The van der Waals surface area contributed by atoms with Crippen LogP contribution in [0.25, 0.3) is 0 Å². The van der Waals surface area contributed by atoms with E-state index >= 15 is 0 Å². The van der Waals surface area contributed by atoms with E-state index in [4.69, 9.17) is 0 Å². The summed E-state index contributed by atoms with van der Waals surface area (Å²) in [7, 11) is 0. The molecule has 3 N–H and O–H groups in total. The lowest BCUT2D eigenvalue weighted by atomic mass is 9.78. The van der Waals surface area contributed by atoms with Gasteiger partial charge in [0.2, 0.25) is 11.8 Å². The molecule has 0 aromatic rings. The van der Waals surface area contributed by atoms with Crippen molar-refractivity contribution in [2.45, 2.75) is 65.0 Å². The predicted octanol–water partition coefficient (Wildman–Crippen LogP) is 1.30. The van der Waals surface area contributed by atoms with Crippen LogP contribution in [0.2, 0.25) is 0 Å². The van der Waals surface area contributed by atoms with Gasteiger partial charge in [0.05, 0.1) is 11.8 Å². The minimum Gasteiger partial charge on any atom is -0.481 e. The first-order valence-corrected chi connectivity index (χ1v) is 7.47. The van der Waals surface area contributed by atoms with Gasteiger partial charge in [-0.25, -0.2) is 0 Å². The number of carbonyl (C=O) groups excluding carboxylic acids is 2. The van der Waals surface area contributed by atoms with Crippen molar-refractivity contribution in [2.75, 3.05) is 0 Å². The lowest BCUT2D eigenvalue weighted by Gasteiger charge is -2.29. The first kappa shape index (κ1) is 17.5. The zero-order valence-corrected chi connectivity index (χ0v) is 13.2. The average Bonchev–Trinajstić information content (AvgIpc) is 2.36. The highest BCUT2D eigenvalue weighted by Gasteiger charge is 2.36. The maximum Gasteiger partial charge on any atom is 0.307 e. The summed E-state index contributed by atoms with van der Waals surface area (Å²) in [5, 5.41) is 14.6.